The van der Waals surface area contributed by atoms with Crippen LogP contribution in [0.25, 0.3) is 0 Å². The van der Waals surface area contributed by atoms with Crippen molar-refractivity contribution in [1.29, 1.82) is 0 Å². The fourth-order valence-corrected chi connectivity index (χ4v) is 1.78. The largest absolute Gasteiger partial charge is 0.507 e. The van der Waals surface area contributed by atoms with E-state index in [9.17, 15) is 9.59 Å². The van der Waals surface area contributed by atoms with Crippen molar-refractivity contribution in [2.24, 2.45) is 0 Å². The summed E-state index contributed by atoms with van der Waals surface area (Å²) in [5, 5.41) is 8.46. The minimum Gasteiger partial charge on any atom is -0.438 e. The van der Waals surface area contributed by atoms with Gasteiger partial charge in [-0.2, -0.15) is 0 Å². The lowest BCUT2D eigenvalue weighted by Gasteiger charge is -2.18. The molecular weight excluding hydrogens is 388 g/mol. The average Bonchev–Trinajstić information content (AvgIpc) is 2.49. The number of hydrogen-bond donors (Lipinski definition) is 1. The Morgan fingerprint density at radius 3 is 1.04 bits per heavy atom. The van der Waals surface area contributed by atoms with Crippen LogP contribution in [-0.2, 0) is 18.9 Å². The monoisotopic (exact) mass is 428 g/mol. The van der Waals surface area contributed by atoms with E-state index in [1.165, 1.54) is 14.2 Å². The van der Waals surface area contributed by atoms with Gasteiger partial charge in [0.05, 0.1) is 50.9 Å². The molecule has 10 heteroatoms. The maximum Gasteiger partial charge on any atom is 0.507 e. The van der Waals surface area contributed by atoms with Gasteiger partial charge in [-0.1, -0.05) is 58.9 Å². The lowest BCUT2D eigenvalue weighted by Crippen LogP contribution is -2.33. The van der Waals surface area contributed by atoms with E-state index in [-0.39, 0.29) is 0 Å². The van der Waals surface area contributed by atoms with E-state index in [0.717, 1.165) is 0 Å². The summed E-state index contributed by atoms with van der Waals surface area (Å²) < 4.78 is 18.1. The summed E-state index contributed by atoms with van der Waals surface area (Å²) in [6.45, 7) is 19.3. The van der Waals surface area contributed by atoms with Crippen molar-refractivity contribution < 1.29 is 33.6 Å². The Labute approximate surface area is 162 Å². The third kappa shape index (κ3) is 34.5. The molecule has 158 valence electrons. The number of aliphatic hydroxyl groups is 1. The summed E-state index contributed by atoms with van der Waals surface area (Å²) in [5.41, 5.74) is 0. The molecule has 0 unspecified atom stereocenters. The Morgan fingerprint density at radius 2 is 0.923 bits per heavy atom. The summed E-state index contributed by atoms with van der Waals surface area (Å²) in [4.78, 5) is 20.9. The van der Waals surface area contributed by atoms with Crippen LogP contribution in [0.15, 0.2) is 0 Å². The van der Waals surface area contributed by atoms with E-state index >= 15 is 0 Å². The molecule has 0 aliphatic rings. The topological polar surface area (TPSA) is 91.3 Å². The van der Waals surface area contributed by atoms with Crippen molar-refractivity contribution >= 4 is 36.5 Å². The predicted molar refractivity (Wildman–Crippen MR) is 114 cm³/mol. The third-order valence-corrected chi connectivity index (χ3v) is 5.02. The molecular formula is C16H40O7Si3. The van der Waals surface area contributed by atoms with Crippen LogP contribution in [-0.4, -0.2) is 74.5 Å². The molecule has 0 amide bonds. The minimum absolute atomic E-state index is 0.410. The first-order chi connectivity index (χ1) is 11.5. The number of ether oxygens (including phenoxy) is 4. The quantitative estimate of drug-likeness (QED) is 0.519. The van der Waals surface area contributed by atoms with Crippen molar-refractivity contribution in [2.75, 3.05) is 32.9 Å². The number of methoxy groups -OCH3 is 2. The maximum absolute atomic E-state index is 11.1. The lowest BCUT2D eigenvalue weighted by atomic mass is 11.3. The van der Waals surface area contributed by atoms with Gasteiger partial charge < -0.3 is 24.1 Å². The molecule has 0 rings (SSSR count). The van der Waals surface area contributed by atoms with Crippen molar-refractivity contribution in [3.8, 4) is 0 Å². The summed E-state index contributed by atoms with van der Waals surface area (Å²) in [5.74, 6) is 0. The Balaban J connectivity index is -0.000000364. The van der Waals surface area contributed by atoms with Crippen LogP contribution < -0.4 is 0 Å². The van der Waals surface area contributed by atoms with Gasteiger partial charge in [0.25, 0.3) is 0 Å². The zero-order valence-electron chi connectivity index (χ0n) is 18.5. The van der Waals surface area contributed by atoms with Gasteiger partial charge in [-0.25, -0.2) is 9.59 Å². The molecule has 7 nitrogen and oxygen atoms in total. The zero-order valence-corrected chi connectivity index (χ0v) is 21.5. The van der Waals surface area contributed by atoms with Crippen LogP contribution in [0.5, 0.6) is 0 Å². The van der Waals surface area contributed by atoms with Gasteiger partial charge in [-0.05, 0) is 0 Å². The molecule has 0 aliphatic carbocycles. The summed E-state index contributed by atoms with van der Waals surface area (Å²) in [6.07, 6.45) is 0.326. The standard InChI is InChI=1S/C9H22O3Si2.C4H12OSi.C3H6O3/c1-13(2,3)7-11-9(10)12-8-14(4,5)6;1-6(2,3)4-5;1-5-3(4)6-2/h7-8H2,1-6H3;5H,4H2,1-3H3;1-2H3. The van der Waals surface area contributed by atoms with Crippen LogP contribution >= 0.6 is 0 Å². The van der Waals surface area contributed by atoms with Crippen LogP contribution in [0.4, 0.5) is 9.59 Å². The molecule has 0 heterocycles. The van der Waals surface area contributed by atoms with Gasteiger partial charge in [0.1, 0.15) is 0 Å². The first-order valence-electron chi connectivity index (χ1n) is 8.50. The second-order valence-corrected chi connectivity index (χ2v) is 25.6. The first-order valence-corrected chi connectivity index (χ1v) is 19.6. The third-order valence-electron chi connectivity index (χ3n) is 2.05. The predicted octanol–water partition coefficient (Wildman–Crippen LogP) is 4.15. The van der Waals surface area contributed by atoms with E-state index < -0.39 is 36.5 Å². The zero-order chi connectivity index (χ0) is 21.6. The van der Waals surface area contributed by atoms with Crippen LogP contribution in [0.1, 0.15) is 0 Å². The molecule has 1 N–H and O–H groups in total. The van der Waals surface area contributed by atoms with E-state index in [0.29, 0.717) is 18.7 Å². The van der Waals surface area contributed by atoms with E-state index in [1.807, 2.05) is 0 Å². The highest BCUT2D eigenvalue weighted by Gasteiger charge is 2.20. The van der Waals surface area contributed by atoms with Crippen molar-refractivity contribution in [3.05, 3.63) is 0 Å². The van der Waals surface area contributed by atoms with E-state index in [4.69, 9.17) is 14.6 Å². The summed E-state index contributed by atoms with van der Waals surface area (Å²) in [7, 11) is -1.18. The van der Waals surface area contributed by atoms with E-state index in [2.05, 4.69) is 68.4 Å². The summed E-state index contributed by atoms with van der Waals surface area (Å²) in [6, 6.07) is 0. The maximum atomic E-state index is 11.1. The highest BCUT2D eigenvalue weighted by Crippen LogP contribution is 2.04. The second-order valence-electron chi connectivity index (χ2n) is 9.33. The van der Waals surface area contributed by atoms with Crippen LogP contribution in [0.2, 0.25) is 58.9 Å². The molecule has 0 aromatic heterocycles. The van der Waals surface area contributed by atoms with Gasteiger partial charge in [0, 0.05) is 6.23 Å². The SMILES string of the molecule is COC(=O)OC.C[Si](C)(C)CO.C[Si](C)(C)COC(=O)OC[Si](C)(C)C. The molecule has 0 radical (unpaired) electrons. The second kappa shape index (κ2) is 14.2. The normalized spacial score (nSPS) is 11.1. The molecule has 0 aromatic carbocycles. The van der Waals surface area contributed by atoms with Crippen LogP contribution in [0, 0.1) is 0 Å². The molecule has 0 atom stereocenters. The minimum atomic E-state index is -1.31. The smallest absolute Gasteiger partial charge is 0.438 e. The van der Waals surface area contributed by atoms with Gasteiger partial charge in [0.2, 0.25) is 0 Å². The molecule has 0 aromatic rings. The van der Waals surface area contributed by atoms with Crippen molar-refractivity contribution in [3.63, 3.8) is 0 Å². The van der Waals surface area contributed by atoms with E-state index in [1.54, 1.807) is 0 Å². The fraction of sp³-hybridized carbons (Fsp3) is 0.875. The van der Waals surface area contributed by atoms with Gasteiger partial charge >= 0.3 is 12.3 Å². The number of aliphatic hydroxyl groups excluding tert-OH is 1. The molecule has 26 heavy (non-hydrogen) atoms. The summed E-state index contributed by atoms with van der Waals surface area (Å²) >= 11 is 0. The number of rotatable bonds is 5. The highest BCUT2D eigenvalue weighted by molar-refractivity contribution is 6.76. The highest BCUT2D eigenvalue weighted by atomic mass is 28.3. The fourth-order valence-electron chi connectivity index (χ4n) is 0.676. The van der Waals surface area contributed by atoms with Gasteiger partial charge in [0.15, 0.2) is 0 Å². The van der Waals surface area contributed by atoms with Crippen LogP contribution in [0.3, 0.4) is 0 Å². The Morgan fingerprint density at radius 1 is 0.654 bits per heavy atom. The van der Waals surface area contributed by atoms with Gasteiger partial charge in [-0.15, -0.1) is 0 Å². The number of hydrogen-bond acceptors (Lipinski definition) is 7. The van der Waals surface area contributed by atoms with Crippen molar-refractivity contribution in [1.82, 2.24) is 0 Å². The van der Waals surface area contributed by atoms with Gasteiger partial charge in [-0.3, -0.25) is 0 Å². The van der Waals surface area contributed by atoms with Crippen molar-refractivity contribution in [2.45, 2.75) is 58.9 Å². The molecule has 0 aliphatic heterocycles. The first kappa shape index (κ1) is 29.9. The molecule has 0 fully saturated rings. The Hall–Kier alpha value is -0.849. The molecule has 0 saturated carbocycles. The molecule has 0 saturated heterocycles. The number of carbonyl (C=O) groups is 2. The molecule has 0 bridgehead atoms. The Bertz CT molecular complexity index is 357. The number of carbonyl (C=O) groups excluding carboxylic acids is 2. The molecule has 0 spiro atoms. The average molecular weight is 429 g/mol. The lowest BCUT2D eigenvalue weighted by molar-refractivity contribution is 0.0779. The Kier molecular flexibility index (Phi) is 16.4.